The van der Waals surface area contributed by atoms with Crippen LogP contribution in [-0.2, 0) is 0 Å². The van der Waals surface area contributed by atoms with Gasteiger partial charge in [0.05, 0.1) is 6.61 Å². The molecule has 0 rings (SSSR count). The summed E-state index contributed by atoms with van der Waals surface area (Å²) < 4.78 is 0. The molecule has 0 heterocycles. The van der Waals surface area contributed by atoms with Crippen LogP contribution in [0.3, 0.4) is 0 Å². The highest BCUT2D eigenvalue weighted by molar-refractivity contribution is 4.79. The summed E-state index contributed by atoms with van der Waals surface area (Å²) in [6.07, 6.45) is 2.38. The molecular formula is C10H23NO. The van der Waals surface area contributed by atoms with Gasteiger partial charge in [-0.1, -0.05) is 34.1 Å². The smallest absolute Gasteiger partial charge is 0.0556 e. The number of nitrogens with one attached hydrogen (secondary N) is 1. The fourth-order valence-electron chi connectivity index (χ4n) is 1.37. The van der Waals surface area contributed by atoms with Gasteiger partial charge >= 0.3 is 0 Å². The van der Waals surface area contributed by atoms with E-state index in [1.54, 1.807) is 0 Å². The van der Waals surface area contributed by atoms with Crippen LogP contribution in [0, 0.1) is 5.41 Å². The Morgan fingerprint density at radius 2 is 1.92 bits per heavy atom. The van der Waals surface area contributed by atoms with Crippen LogP contribution < -0.4 is 5.32 Å². The average molecular weight is 173 g/mol. The van der Waals surface area contributed by atoms with Gasteiger partial charge in [-0.25, -0.2) is 0 Å². The molecule has 0 saturated heterocycles. The van der Waals surface area contributed by atoms with Crippen molar-refractivity contribution in [3.05, 3.63) is 0 Å². The lowest BCUT2D eigenvalue weighted by atomic mass is 9.84. The maximum absolute atomic E-state index is 8.69. The van der Waals surface area contributed by atoms with Gasteiger partial charge in [-0.3, -0.25) is 0 Å². The largest absolute Gasteiger partial charge is 0.395 e. The van der Waals surface area contributed by atoms with Crippen LogP contribution in [0.4, 0.5) is 0 Å². The van der Waals surface area contributed by atoms with Gasteiger partial charge in [-0.2, -0.15) is 0 Å². The van der Waals surface area contributed by atoms with E-state index in [0.29, 0.717) is 18.0 Å². The quantitative estimate of drug-likeness (QED) is 0.664. The Labute approximate surface area is 76.4 Å². The molecule has 0 amide bonds. The first kappa shape index (κ1) is 11.9. The summed E-state index contributed by atoms with van der Waals surface area (Å²) in [5.74, 6) is 0. The van der Waals surface area contributed by atoms with E-state index in [0.717, 1.165) is 0 Å². The van der Waals surface area contributed by atoms with E-state index in [4.69, 9.17) is 5.11 Å². The van der Waals surface area contributed by atoms with E-state index < -0.39 is 0 Å². The lowest BCUT2D eigenvalue weighted by Gasteiger charge is -2.31. The second-order valence-electron chi connectivity index (χ2n) is 4.39. The van der Waals surface area contributed by atoms with E-state index >= 15 is 0 Å². The van der Waals surface area contributed by atoms with Gasteiger partial charge in [0.1, 0.15) is 0 Å². The SMILES string of the molecule is CCCC(NCCO)C(C)(C)C. The van der Waals surface area contributed by atoms with E-state index in [2.05, 4.69) is 33.0 Å². The summed E-state index contributed by atoms with van der Waals surface area (Å²) >= 11 is 0. The molecule has 0 aliphatic carbocycles. The summed E-state index contributed by atoms with van der Waals surface area (Å²) in [5.41, 5.74) is 0.297. The molecule has 0 fully saturated rings. The molecular weight excluding hydrogens is 150 g/mol. The zero-order chi connectivity index (χ0) is 9.61. The van der Waals surface area contributed by atoms with Crippen molar-refractivity contribution in [1.82, 2.24) is 5.32 Å². The molecule has 0 aromatic heterocycles. The maximum Gasteiger partial charge on any atom is 0.0556 e. The topological polar surface area (TPSA) is 32.3 Å². The van der Waals surface area contributed by atoms with E-state index in [-0.39, 0.29) is 6.61 Å². The Balaban J connectivity index is 3.86. The van der Waals surface area contributed by atoms with Crippen molar-refractivity contribution in [2.75, 3.05) is 13.2 Å². The summed E-state index contributed by atoms with van der Waals surface area (Å²) in [5, 5.41) is 12.0. The standard InChI is InChI=1S/C10H23NO/c1-5-6-9(10(2,3)4)11-7-8-12/h9,11-12H,5-8H2,1-4H3. The van der Waals surface area contributed by atoms with Crippen molar-refractivity contribution in [3.8, 4) is 0 Å². The Hall–Kier alpha value is -0.0800. The van der Waals surface area contributed by atoms with Crippen molar-refractivity contribution >= 4 is 0 Å². The minimum atomic E-state index is 0.232. The minimum absolute atomic E-state index is 0.232. The molecule has 12 heavy (non-hydrogen) atoms. The van der Waals surface area contributed by atoms with E-state index in [1.807, 2.05) is 0 Å². The molecule has 74 valence electrons. The van der Waals surface area contributed by atoms with Crippen LogP contribution in [-0.4, -0.2) is 24.3 Å². The van der Waals surface area contributed by atoms with Gasteiger partial charge in [-0.15, -0.1) is 0 Å². The molecule has 0 spiro atoms. The van der Waals surface area contributed by atoms with Crippen molar-refractivity contribution in [2.24, 2.45) is 5.41 Å². The predicted octanol–water partition coefficient (Wildman–Crippen LogP) is 1.78. The first-order chi connectivity index (χ1) is 5.52. The van der Waals surface area contributed by atoms with E-state index in [1.165, 1.54) is 12.8 Å². The molecule has 0 aliphatic rings. The number of rotatable bonds is 5. The highest BCUT2D eigenvalue weighted by atomic mass is 16.3. The fourth-order valence-corrected chi connectivity index (χ4v) is 1.37. The van der Waals surface area contributed by atoms with Crippen LogP contribution in [0.25, 0.3) is 0 Å². The Kier molecular flexibility index (Phi) is 5.51. The molecule has 2 heteroatoms. The number of aliphatic hydroxyl groups is 1. The molecule has 0 aromatic carbocycles. The molecule has 2 N–H and O–H groups in total. The van der Waals surface area contributed by atoms with Gasteiger partial charge in [0.2, 0.25) is 0 Å². The molecule has 1 unspecified atom stereocenters. The summed E-state index contributed by atoms with van der Waals surface area (Å²) in [4.78, 5) is 0. The summed E-state index contributed by atoms with van der Waals surface area (Å²) in [6, 6.07) is 0.523. The highest BCUT2D eigenvalue weighted by Gasteiger charge is 2.22. The van der Waals surface area contributed by atoms with Gasteiger partial charge in [0.25, 0.3) is 0 Å². The number of hydrogen-bond donors (Lipinski definition) is 2. The Morgan fingerprint density at radius 3 is 2.25 bits per heavy atom. The first-order valence-electron chi connectivity index (χ1n) is 4.86. The third-order valence-electron chi connectivity index (χ3n) is 2.13. The molecule has 1 atom stereocenters. The summed E-state index contributed by atoms with van der Waals surface area (Å²) in [6.45, 7) is 9.84. The molecule has 0 aliphatic heterocycles. The number of aliphatic hydroxyl groups excluding tert-OH is 1. The van der Waals surface area contributed by atoms with Crippen molar-refractivity contribution < 1.29 is 5.11 Å². The third kappa shape index (κ3) is 4.73. The molecule has 0 saturated carbocycles. The lowest BCUT2D eigenvalue weighted by molar-refractivity contribution is 0.224. The Morgan fingerprint density at radius 1 is 1.33 bits per heavy atom. The van der Waals surface area contributed by atoms with E-state index in [9.17, 15) is 0 Å². The second-order valence-corrected chi connectivity index (χ2v) is 4.39. The van der Waals surface area contributed by atoms with Crippen molar-refractivity contribution in [3.63, 3.8) is 0 Å². The van der Waals surface area contributed by atoms with Crippen LogP contribution >= 0.6 is 0 Å². The zero-order valence-corrected chi connectivity index (χ0v) is 8.85. The maximum atomic E-state index is 8.69. The lowest BCUT2D eigenvalue weighted by Crippen LogP contribution is -2.41. The molecule has 0 aromatic rings. The monoisotopic (exact) mass is 173 g/mol. The van der Waals surface area contributed by atoms with Gasteiger partial charge in [-0.05, 0) is 11.8 Å². The van der Waals surface area contributed by atoms with Crippen LogP contribution in [0.2, 0.25) is 0 Å². The molecule has 0 bridgehead atoms. The third-order valence-corrected chi connectivity index (χ3v) is 2.13. The second kappa shape index (κ2) is 5.55. The van der Waals surface area contributed by atoms with Crippen molar-refractivity contribution in [1.29, 1.82) is 0 Å². The minimum Gasteiger partial charge on any atom is -0.395 e. The fraction of sp³-hybridized carbons (Fsp3) is 1.00. The van der Waals surface area contributed by atoms with Crippen molar-refractivity contribution in [2.45, 2.75) is 46.6 Å². The van der Waals surface area contributed by atoms with Gasteiger partial charge in [0, 0.05) is 12.6 Å². The summed E-state index contributed by atoms with van der Waals surface area (Å²) in [7, 11) is 0. The van der Waals surface area contributed by atoms with Gasteiger partial charge < -0.3 is 10.4 Å². The number of hydrogen-bond acceptors (Lipinski definition) is 2. The zero-order valence-electron chi connectivity index (χ0n) is 8.85. The molecule has 0 radical (unpaired) electrons. The van der Waals surface area contributed by atoms with Crippen LogP contribution in [0.15, 0.2) is 0 Å². The normalized spacial score (nSPS) is 14.8. The van der Waals surface area contributed by atoms with Crippen LogP contribution in [0.5, 0.6) is 0 Å². The van der Waals surface area contributed by atoms with Gasteiger partial charge in [0.15, 0.2) is 0 Å². The predicted molar refractivity (Wildman–Crippen MR) is 53.2 cm³/mol. The highest BCUT2D eigenvalue weighted by Crippen LogP contribution is 2.22. The first-order valence-corrected chi connectivity index (χ1v) is 4.86. The molecule has 2 nitrogen and oxygen atoms in total. The Bertz CT molecular complexity index is 107. The average Bonchev–Trinajstić information content (AvgIpc) is 1.95. The van der Waals surface area contributed by atoms with Crippen LogP contribution in [0.1, 0.15) is 40.5 Å².